The second-order valence-electron chi connectivity index (χ2n) is 5.56. The lowest BCUT2D eigenvalue weighted by molar-refractivity contribution is 0.00578. The second kappa shape index (κ2) is 4.65. The third-order valence-corrected chi connectivity index (χ3v) is 3.71. The van der Waals surface area contributed by atoms with Gasteiger partial charge in [0.05, 0.1) is 23.5 Å². The molecule has 2 heterocycles. The summed E-state index contributed by atoms with van der Waals surface area (Å²) in [7, 11) is 1.27. The van der Waals surface area contributed by atoms with Crippen LogP contribution in [0.15, 0.2) is 18.3 Å². The van der Waals surface area contributed by atoms with Gasteiger partial charge in [0.25, 0.3) is 0 Å². The fraction of sp³-hybridized carbons (Fsp3) is 0.615. The summed E-state index contributed by atoms with van der Waals surface area (Å²) in [4.78, 5) is 4.32. The van der Waals surface area contributed by atoms with Crippen LogP contribution < -0.4 is 5.46 Å². The molecule has 2 rings (SSSR count). The molecule has 0 spiro atoms. The smallest absolute Gasteiger partial charge is 0.399 e. The topological polar surface area (TPSA) is 40.6 Å². The Morgan fingerprint density at radius 1 is 1.22 bits per heavy atom. The summed E-state index contributed by atoms with van der Waals surface area (Å²) in [5.74, 6) is 0. The maximum atomic E-state index is 6.02. The summed E-state index contributed by atoms with van der Waals surface area (Å²) >= 11 is 0. The van der Waals surface area contributed by atoms with Gasteiger partial charge in [0.15, 0.2) is 0 Å². The first-order chi connectivity index (χ1) is 8.37. The highest BCUT2D eigenvalue weighted by Gasteiger charge is 2.52. The lowest BCUT2D eigenvalue weighted by Crippen LogP contribution is -2.41. The lowest BCUT2D eigenvalue weighted by atomic mass is 9.78. The van der Waals surface area contributed by atoms with Crippen LogP contribution in [0.25, 0.3) is 0 Å². The Kier molecular flexibility index (Phi) is 3.49. The molecule has 1 aliphatic heterocycles. The van der Waals surface area contributed by atoms with Crippen molar-refractivity contribution in [2.75, 3.05) is 7.11 Å². The molecule has 0 unspecified atom stereocenters. The molecule has 0 bridgehead atoms. The van der Waals surface area contributed by atoms with Gasteiger partial charge in [-0.05, 0) is 33.8 Å². The van der Waals surface area contributed by atoms with E-state index < -0.39 is 0 Å². The molecular weight excluding hydrogens is 229 g/mol. The van der Waals surface area contributed by atoms with Gasteiger partial charge in [-0.25, -0.2) is 0 Å². The van der Waals surface area contributed by atoms with E-state index >= 15 is 0 Å². The van der Waals surface area contributed by atoms with Gasteiger partial charge in [-0.15, -0.1) is 0 Å². The summed E-state index contributed by atoms with van der Waals surface area (Å²) in [5, 5.41) is 0. The maximum absolute atomic E-state index is 6.02. The first-order valence-electron chi connectivity index (χ1n) is 6.16. The van der Waals surface area contributed by atoms with Crippen LogP contribution in [-0.2, 0) is 20.7 Å². The molecule has 0 aliphatic carbocycles. The Bertz CT molecular complexity index is 418. The van der Waals surface area contributed by atoms with E-state index in [-0.39, 0.29) is 18.3 Å². The van der Waals surface area contributed by atoms with Crippen molar-refractivity contribution in [3.8, 4) is 0 Å². The minimum Gasteiger partial charge on any atom is -0.399 e. The number of nitrogens with zero attached hydrogens (tertiary/aromatic N) is 1. The minimum absolute atomic E-state index is 0.335. The predicted octanol–water partition coefficient (Wildman–Crippen LogP) is 1.53. The van der Waals surface area contributed by atoms with Crippen molar-refractivity contribution >= 4 is 12.6 Å². The van der Waals surface area contributed by atoms with Crippen LogP contribution in [0.3, 0.4) is 0 Å². The molecule has 1 fully saturated rings. The molecule has 0 aromatic carbocycles. The number of pyridine rings is 1. The first-order valence-corrected chi connectivity index (χ1v) is 6.16. The van der Waals surface area contributed by atoms with E-state index in [0.29, 0.717) is 6.61 Å². The molecule has 5 heteroatoms. The molecule has 0 atom stereocenters. The van der Waals surface area contributed by atoms with Crippen LogP contribution in [0.4, 0.5) is 0 Å². The molecule has 0 saturated carbocycles. The van der Waals surface area contributed by atoms with E-state index in [4.69, 9.17) is 14.0 Å². The van der Waals surface area contributed by atoms with Crippen LogP contribution in [0, 0.1) is 0 Å². The molecule has 98 valence electrons. The Morgan fingerprint density at radius 2 is 1.83 bits per heavy atom. The largest absolute Gasteiger partial charge is 0.496 e. The summed E-state index contributed by atoms with van der Waals surface area (Å²) < 4.78 is 17.2. The summed E-state index contributed by atoms with van der Waals surface area (Å²) in [6.07, 6.45) is 1.75. The van der Waals surface area contributed by atoms with Crippen LogP contribution in [0.2, 0.25) is 0 Å². The van der Waals surface area contributed by atoms with E-state index in [2.05, 4.69) is 4.98 Å². The zero-order valence-electron chi connectivity index (χ0n) is 11.7. The van der Waals surface area contributed by atoms with Gasteiger partial charge in [0, 0.05) is 18.8 Å². The van der Waals surface area contributed by atoms with Gasteiger partial charge >= 0.3 is 7.12 Å². The van der Waals surface area contributed by atoms with Gasteiger partial charge in [-0.3, -0.25) is 4.98 Å². The maximum Gasteiger partial charge on any atom is 0.496 e. The van der Waals surface area contributed by atoms with Crippen LogP contribution in [0.1, 0.15) is 33.4 Å². The Hall–Kier alpha value is -0.905. The summed E-state index contributed by atoms with van der Waals surface area (Å²) in [6.45, 7) is 8.62. The minimum atomic E-state index is -0.381. The van der Waals surface area contributed by atoms with E-state index in [0.717, 1.165) is 11.2 Å². The molecule has 1 aromatic rings. The molecular formula is C13H20BNO3. The van der Waals surface area contributed by atoms with E-state index in [1.807, 2.05) is 39.8 Å². The van der Waals surface area contributed by atoms with Gasteiger partial charge in [-0.1, -0.05) is 6.07 Å². The SMILES string of the molecule is COCc1ncccc1B1OC(C)(C)C(C)(C)O1. The summed E-state index contributed by atoms with van der Waals surface area (Å²) in [6, 6.07) is 3.86. The number of aromatic nitrogens is 1. The van der Waals surface area contributed by atoms with Gasteiger partial charge in [-0.2, -0.15) is 0 Å². The molecule has 4 nitrogen and oxygen atoms in total. The number of rotatable bonds is 3. The highest BCUT2D eigenvalue weighted by atomic mass is 16.7. The second-order valence-corrected chi connectivity index (χ2v) is 5.56. The van der Waals surface area contributed by atoms with Crippen LogP contribution >= 0.6 is 0 Å². The predicted molar refractivity (Wildman–Crippen MR) is 70.7 cm³/mol. The fourth-order valence-electron chi connectivity index (χ4n) is 1.89. The van der Waals surface area contributed by atoms with Crippen molar-refractivity contribution in [1.82, 2.24) is 4.98 Å². The summed E-state index contributed by atoms with van der Waals surface area (Å²) in [5.41, 5.74) is 1.13. The molecule has 0 radical (unpaired) electrons. The Labute approximate surface area is 109 Å². The monoisotopic (exact) mass is 249 g/mol. The molecule has 1 aromatic heterocycles. The average molecular weight is 249 g/mol. The number of methoxy groups -OCH3 is 1. The van der Waals surface area contributed by atoms with Crippen molar-refractivity contribution in [2.24, 2.45) is 0 Å². The molecule has 1 aliphatic rings. The molecule has 0 amide bonds. The highest BCUT2D eigenvalue weighted by Crippen LogP contribution is 2.36. The quantitative estimate of drug-likeness (QED) is 0.761. The van der Waals surface area contributed by atoms with Gasteiger partial charge < -0.3 is 14.0 Å². The molecule has 0 N–H and O–H groups in total. The lowest BCUT2D eigenvalue weighted by Gasteiger charge is -2.32. The normalized spacial score (nSPS) is 21.3. The third kappa shape index (κ3) is 2.30. The number of hydrogen-bond acceptors (Lipinski definition) is 4. The van der Waals surface area contributed by atoms with Crippen molar-refractivity contribution in [3.05, 3.63) is 24.0 Å². The molecule has 18 heavy (non-hydrogen) atoms. The number of hydrogen-bond donors (Lipinski definition) is 0. The number of ether oxygens (including phenoxy) is 1. The van der Waals surface area contributed by atoms with Gasteiger partial charge in [0.2, 0.25) is 0 Å². The zero-order chi connectivity index (χ0) is 13.4. The van der Waals surface area contributed by atoms with E-state index in [1.54, 1.807) is 13.3 Å². The van der Waals surface area contributed by atoms with Crippen LogP contribution in [-0.4, -0.2) is 30.4 Å². The van der Waals surface area contributed by atoms with E-state index in [9.17, 15) is 0 Å². The fourth-order valence-corrected chi connectivity index (χ4v) is 1.89. The van der Waals surface area contributed by atoms with Crippen LogP contribution in [0.5, 0.6) is 0 Å². The molecule has 1 saturated heterocycles. The average Bonchev–Trinajstić information content (AvgIpc) is 2.49. The Balaban J connectivity index is 2.29. The van der Waals surface area contributed by atoms with Crippen molar-refractivity contribution in [2.45, 2.75) is 45.5 Å². The first kappa shape index (κ1) is 13.5. The van der Waals surface area contributed by atoms with E-state index in [1.165, 1.54) is 0 Å². The third-order valence-electron chi connectivity index (χ3n) is 3.71. The van der Waals surface area contributed by atoms with Crippen molar-refractivity contribution in [3.63, 3.8) is 0 Å². The highest BCUT2D eigenvalue weighted by molar-refractivity contribution is 6.62. The van der Waals surface area contributed by atoms with Crippen molar-refractivity contribution < 1.29 is 14.0 Å². The van der Waals surface area contributed by atoms with Gasteiger partial charge in [0.1, 0.15) is 0 Å². The Morgan fingerprint density at radius 3 is 2.39 bits per heavy atom. The standard InChI is InChI=1S/C13H20BNO3/c1-12(2)13(3,4)18-14(17-12)10-7-6-8-15-11(10)9-16-5/h6-8H,9H2,1-5H3. The zero-order valence-corrected chi connectivity index (χ0v) is 11.7. The van der Waals surface area contributed by atoms with Crippen molar-refractivity contribution in [1.29, 1.82) is 0 Å².